The summed E-state index contributed by atoms with van der Waals surface area (Å²) in [6.07, 6.45) is 0. The largest absolute Gasteiger partial charge is 0.478 e. The third kappa shape index (κ3) is 1.57. The van der Waals surface area contributed by atoms with Crippen molar-refractivity contribution in [2.24, 2.45) is 0 Å². The quantitative estimate of drug-likeness (QED) is 0.670. The van der Waals surface area contributed by atoms with E-state index in [0.717, 1.165) is 10.8 Å². The highest BCUT2D eigenvalue weighted by Gasteiger charge is 2.20. The number of aromatic nitrogens is 2. The van der Waals surface area contributed by atoms with Gasteiger partial charge >= 0.3 is 11.9 Å². The van der Waals surface area contributed by atoms with E-state index in [1.165, 1.54) is 6.07 Å². The van der Waals surface area contributed by atoms with Crippen molar-refractivity contribution in [3.63, 3.8) is 0 Å². The van der Waals surface area contributed by atoms with E-state index in [4.69, 9.17) is 10.2 Å². The molecule has 7 heteroatoms. The Bertz CT molecular complexity index is 644. The monoisotopic (exact) mass is 236 g/mol. The van der Waals surface area contributed by atoms with Crippen molar-refractivity contribution in [2.75, 3.05) is 0 Å². The first kappa shape index (κ1) is 10.9. The second-order valence-electron chi connectivity index (χ2n) is 3.50. The number of rotatable bonds is 2. The van der Waals surface area contributed by atoms with Gasteiger partial charge < -0.3 is 15.4 Å². The Morgan fingerprint density at radius 3 is 2.41 bits per heavy atom. The highest BCUT2D eigenvalue weighted by molar-refractivity contribution is 6.03. The molecule has 2 aromatic heterocycles. The first-order valence-electron chi connectivity index (χ1n) is 4.60. The summed E-state index contributed by atoms with van der Waals surface area (Å²) in [5.41, 5.74) is -0.183. The number of carboxylic acids is 2. The van der Waals surface area contributed by atoms with Gasteiger partial charge in [-0.25, -0.2) is 14.6 Å². The molecule has 0 fully saturated rings. The maximum atomic E-state index is 10.9. The molecule has 2 aromatic rings. The molecule has 0 aromatic carbocycles. The smallest absolute Gasteiger partial charge is 0.355 e. The topological polar surface area (TPSA) is 113 Å². The van der Waals surface area contributed by atoms with Crippen molar-refractivity contribution in [2.45, 2.75) is 6.92 Å². The highest BCUT2D eigenvalue weighted by atomic mass is 16.5. The van der Waals surface area contributed by atoms with Gasteiger partial charge in [0.15, 0.2) is 5.69 Å². The minimum atomic E-state index is -1.42. The van der Waals surface area contributed by atoms with Gasteiger partial charge in [0.05, 0.1) is 16.8 Å². The number of hydrogen-bond donors (Lipinski definition) is 3. The Morgan fingerprint density at radius 2 is 1.88 bits per heavy atom. The van der Waals surface area contributed by atoms with Crippen LogP contribution in [0.15, 0.2) is 12.1 Å². The van der Waals surface area contributed by atoms with E-state index < -0.39 is 23.2 Å². The van der Waals surface area contributed by atoms with Gasteiger partial charge in [0.2, 0.25) is 0 Å². The van der Waals surface area contributed by atoms with Gasteiger partial charge in [-0.3, -0.25) is 0 Å². The van der Waals surface area contributed by atoms with Crippen LogP contribution in [0, 0.1) is 6.92 Å². The fourth-order valence-corrected chi connectivity index (χ4v) is 1.57. The molecule has 3 N–H and O–H groups in total. The molecular formula is C10H8N2O5. The van der Waals surface area contributed by atoms with Crippen LogP contribution in [0.25, 0.3) is 11.0 Å². The molecule has 0 amide bonds. The van der Waals surface area contributed by atoms with E-state index in [9.17, 15) is 14.8 Å². The van der Waals surface area contributed by atoms with Crippen molar-refractivity contribution < 1.29 is 25.0 Å². The second-order valence-corrected chi connectivity index (χ2v) is 3.50. The van der Waals surface area contributed by atoms with E-state index in [1.807, 2.05) is 0 Å². The molecular weight excluding hydrogens is 228 g/mol. The van der Waals surface area contributed by atoms with Crippen molar-refractivity contribution in [3.8, 4) is 0 Å². The molecule has 0 aliphatic carbocycles. The molecule has 0 radical (unpaired) electrons. The Labute approximate surface area is 94.5 Å². The SMILES string of the molecule is Cc1cc2nc(C(=O)O)c(C(=O)O)cc2n1O. The predicted molar refractivity (Wildman–Crippen MR) is 55.6 cm³/mol. The highest BCUT2D eigenvalue weighted by Crippen LogP contribution is 2.20. The van der Waals surface area contributed by atoms with Crippen LogP contribution >= 0.6 is 0 Å². The lowest BCUT2D eigenvalue weighted by atomic mass is 10.1. The standard InChI is InChI=1S/C10H8N2O5/c1-4-2-6-7(12(4)17)3-5(9(13)14)8(11-6)10(15)16/h2-3,17H,1H3,(H,13,14)(H,15,16). The number of carbonyl (C=O) groups is 2. The van der Waals surface area contributed by atoms with Crippen LogP contribution in [0.5, 0.6) is 0 Å². The number of carboxylic acid groups (broad SMARTS) is 2. The van der Waals surface area contributed by atoms with Gasteiger partial charge in [-0.2, -0.15) is 4.73 Å². The number of pyridine rings is 1. The fourth-order valence-electron chi connectivity index (χ4n) is 1.57. The molecule has 17 heavy (non-hydrogen) atoms. The normalized spacial score (nSPS) is 10.6. The Balaban J connectivity index is 2.86. The van der Waals surface area contributed by atoms with Crippen molar-refractivity contribution in [1.82, 2.24) is 9.71 Å². The zero-order valence-electron chi connectivity index (χ0n) is 8.71. The van der Waals surface area contributed by atoms with E-state index in [2.05, 4.69) is 4.98 Å². The molecule has 0 saturated carbocycles. The van der Waals surface area contributed by atoms with Crippen LogP contribution in [-0.4, -0.2) is 37.1 Å². The van der Waals surface area contributed by atoms with Crippen LogP contribution in [0.1, 0.15) is 26.5 Å². The summed E-state index contributed by atoms with van der Waals surface area (Å²) >= 11 is 0. The van der Waals surface area contributed by atoms with Crippen molar-refractivity contribution >= 4 is 23.0 Å². The number of aromatic carboxylic acids is 2. The Kier molecular flexibility index (Phi) is 2.24. The van der Waals surface area contributed by atoms with Crippen LogP contribution in [0.4, 0.5) is 0 Å². The van der Waals surface area contributed by atoms with Crippen LogP contribution in [0.3, 0.4) is 0 Å². The molecule has 0 bridgehead atoms. The summed E-state index contributed by atoms with van der Waals surface area (Å²) in [5, 5.41) is 27.3. The lowest BCUT2D eigenvalue weighted by molar-refractivity contribution is 0.0646. The molecule has 0 aliphatic heterocycles. The minimum absolute atomic E-state index is 0.157. The Morgan fingerprint density at radius 1 is 1.24 bits per heavy atom. The summed E-state index contributed by atoms with van der Waals surface area (Å²) < 4.78 is 0.764. The van der Waals surface area contributed by atoms with Gasteiger partial charge in [0, 0.05) is 0 Å². The third-order valence-electron chi connectivity index (χ3n) is 2.37. The zero-order valence-corrected chi connectivity index (χ0v) is 8.71. The maximum Gasteiger partial charge on any atom is 0.355 e. The van der Waals surface area contributed by atoms with Crippen molar-refractivity contribution in [3.05, 3.63) is 29.1 Å². The summed E-state index contributed by atoms with van der Waals surface area (Å²) in [6.45, 7) is 1.59. The molecule has 0 atom stereocenters. The molecule has 2 heterocycles. The number of hydrogen-bond acceptors (Lipinski definition) is 4. The average molecular weight is 236 g/mol. The van der Waals surface area contributed by atoms with Gasteiger partial charge in [-0.05, 0) is 19.1 Å². The predicted octanol–water partition coefficient (Wildman–Crippen LogP) is 0.978. The van der Waals surface area contributed by atoms with E-state index in [1.54, 1.807) is 6.92 Å². The summed E-state index contributed by atoms with van der Waals surface area (Å²) in [7, 11) is 0. The van der Waals surface area contributed by atoms with Gasteiger partial charge in [-0.1, -0.05) is 0 Å². The first-order valence-corrected chi connectivity index (χ1v) is 4.60. The van der Waals surface area contributed by atoms with Crippen LogP contribution in [-0.2, 0) is 0 Å². The minimum Gasteiger partial charge on any atom is -0.478 e. The van der Waals surface area contributed by atoms with E-state index in [-0.39, 0.29) is 11.0 Å². The molecule has 2 rings (SSSR count). The molecule has 88 valence electrons. The lowest BCUT2D eigenvalue weighted by Crippen LogP contribution is -2.11. The number of aryl methyl sites for hydroxylation is 1. The van der Waals surface area contributed by atoms with Gasteiger partial charge in [0.25, 0.3) is 0 Å². The molecule has 7 nitrogen and oxygen atoms in total. The molecule has 0 aliphatic rings. The average Bonchev–Trinajstić information content (AvgIpc) is 2.53. The van der Waals surface area contributed by atoms with Crippen LogP contribution < -0.4 is 0 Å². The molecule has 0 saturated heterocycles. The van der Waals surface area contributed by atoms with Crippen molar-refractivity contribution in [1.29, 1.82) is 0 Å². The Hall–Kier alpha value is -2.57. The van der Waals surface area contributed by atoms with E-state index >= 15 is 0 Å². The summed E-state index contributed by atoms with van der Waals surface area (Å²) in [4.78, 5) is 25.5. The second kappa shape index (κ2) is 3.48. The summed E-state index contributed by atoms with van der Waals surface area (Å²) in [6, 6.07) is 2.55. The van der Waals surface area contributed by atoms with Gasteiger partial charge in [-0.15, -0.1) is 0 Å². The number of fused-ring (bicyclic) bond motifs is 1. The third-order valence-corrected chi connectivity index (χ3v) is 2.37. The zero-order chi connectivity index (χ0) is 12.7. The lowest BCUT2D eigenvalue weighted by Gasteiger charge is -2.02. The maximum absolute atomic E-state index is 10.9. The molecule has 0 spiro atoms. The van der Waals surface area contributed by atoms with E-state index in [0.29, 0.717) is 5.69 Å². The van der Waals surface area contributed by atoms with Crippen LogP contribution in [0.2, 0.25) is 0 Å². The number of nitrogens with zero attached hydrogens (tertiary/aromatic N) is 2. The fraction of sp³-hybridized carbons (Fsp3) is 0.100. The summed E-state index contributed by atoms with van der Waals surface area (Å²) in [5.74, 6) is -2.83. The van der Waals surface area contributed by atoms with Gasteiger partial charge in [0.1, 0.15) is 5.52 Å². The molecule has 0 unspecified atom stereocenters. The first-order chi connectivity index (χ1) is 7.91.